The smallest absolute Gasteiger partial charge is 0.253 e. The van der Waals surface area contributed by atoms with Crippen LogP contribution in [0.15, 0.2) is 67.0 Å². The minimum atomic E-state index is -0.0279. The topological polar surface area (TPSA) is 47.4 Å². The van der Waals surface area contributed by atoms with Gasteiger partial charge in [0, 0.05) is 25.0 Å². The molecule has 3 aromatic rings. The molecule has 0 aliphatic heterocycles. The number of aryl methyl sites for hydroxylation is 1. The van der Waals surface area contributed by atoms with Crippen molar-refractivity contribution in [2.75, 3.05) is 20.2 Å². The van der Waals surface area contributed by atoms with Crippen LogP contribution in [0.2, 0.25) is 0 Å². The lowest BCUT2D eigenvalue weighted by Crippen LogP contribution is -2.30. The Morgan fingerprint density at radius 3 is 2.64 bits per heavy atom. The quantitative estimate of drug-likeness (QED) is 0.694. The van der Waals surface area contributed by atoms with E-state index in [0.29, 0.717) is 18.7 Å². The molecule has 0 bridgehead atoms. The van der Waals surface area contributed by atoms with Crippen LogP contribution >= 0.6 is 0 Å². The van der Waals surface area contributed by atoms with Crippen molar-refractivity contribution in [2.24, 2.45) is 0 Å². The van der Waals surface area contributed by atoms with E-state index in [4.69, 9.17) is 4.74 Å². The van der Waals surface area contributed by atoms with E-state index in [1.807, 2.05) is 67.7 Å². The van der Waals surface area contributed by atoms with Crippen LogP contribution in [-0.4, -0.2) is 40.8 Å². The van der Waals surface area contributed by atoms with Crippen LogP contribution in [0.1, 0.15) is 15.9 Å². The molecule has 0 radical (unpaired) electrons. The highest BCUT2D eigenvalue weighted by atomic mass is 16.5. The molecule has 0 fully saturated rings. The van der Waals surface area contributed by atoms with Crippen LogP contribution in [0.3, 0.4) is 0 Å². The van der Waals surface area contributed by atoms with Crippen molar-refractivity contribution in [3.8, 4) is 11.4 Å². The summed E-state index contributed by atoms with van der Waals surface area (Å²) in [4.78, 5) is 14.2. The van der Waals surface area contributed by atoms with Gasteiger partial charge in [0.15, 0.2) is 0 Å². The van der Waals surface area contributed by atoms with Crippen LogP contribution in [0, 0.1) is 6.92 Å². The summed E-state index contributed by atoms with van der Waals surface area (Å²) in [6, 6.07) is 17.2. The largest absolute Gasteiger partial charge is 0.492 e. The molecule has 2 aromatic carbocycles. The molecule has 1 heterocycles. The average Bonchev–Trinajstić information content (AvgIpc) is 3.16. The number of benzene rings is 2. The van der Waals surface area contributed by atoms with Gasteiger partial charge in [-0.3, -0.25) is 4.79 Å². The van der Waals surface area contributed by atoms with Crippen molar-refractivity contribution in [1.29, 1.82) is 0 Å². The van der Waals surface area contributed by atoms with Gasteiger partial charge in [-0.2, -0.15) is 5.10 Å². The Bertz CT molecular complexity index is 826. The monoisotopic (exact) mass is 335 g/mol. The normalized spacial score (nSPS) is 10.5. The number of amides is 1. The minimum Gasteiger partial charge on any atom is -0.492 e. The summed E-state index contributed by atoms with van der Waals surface area (Å²) < 4.78 is 7.46. The number of aromatic nitrogens is 2. The van der Waals surface area contributed by atoms with Crippen molar-refractivity contribution in [2.45, 2.75) is 6.92 Å². The molecule has 5 nitrogen and oxygen atoms in total. The Balaban J connectivity index is 1.55. The predicted molar refractivity (Wildman–Crippen MR) is 97.2 cm³/mol. The fourth-order valence-electron chi connectivity index (χ4n) is 2.51. The molecule has 3 rings (SSSR count). The zero-order chi connectivity index (χ0) is 17.6. The lowest BCUT2D eigenvalue weighted by atomic mass is 10.2. The van der Waals surface area contributed by atoms with Crippen LogP contribution in [0.5, 0.6) is 5.75 Å². The second kappa shape index (κ2) is 7.66. The van der Waals surface area contributed by atoms with E-state index in [1.165, 1.54) is 0 Å². The number of carbonyl (C=O) groups is 1. The predicted octanol–water partition coefficient (Wildman–Crippen LogP) is 3.33. The number of nitrogens with zero attached hydrogens (tertiary/aromatic N) is 3. The molecular formula is C20H21N3O2. The first-order valence-electron chi connectivity index (χ1n) is 8.18. The van der Waals surface area contributed by atoms with Gasteiger partial charge >= 0.3 is 0 Å². The number of ether oxygens (including phenoxy) is 1. The molecule has 0 aliphatic rings. The molecule has 0 unspecified atom stereocenters. The summed E-state index contributed by atoms with van der Waals surface area (Å²) in [6.45, 7) is 3.00. The molecule has 1 amide bonds. The first-order chi connectivity index (χ1) is 12.1. The SMILES string of the molecule is Cc1cccc(OCCN(C)C(=O)c2ccc(-n3cccn3)cc2)c1. The molecule has 0 spiro atoms. The average molecular weight is 335 g/mol. The fourth-order valence-corrected chi connectivity index (χ4v) is 2.51. The van der Waals surface area contributed by atoms with Crippen LogP contribution in [-0.2, 0) is 0 Å². The summed E-state index contributed by atoms with van der Waals surface area (Å²) in [5.74, 6) is 0.796. The van der Waals surface area contributed by atoms with Gasteiger partial charge in [0.2, 0.25) is 0 Å². The third-order valence-corrected chi connectivity index (χ3v) is 3.91. The van der Waals surface area contributed by atoms with E-state index in [2.05, 4.69) is 5.10 Å². The Hall–Kier alpha value is -3.08. The van der Waals surface area contributed by atoms with Gasteiger partial charge in [0.1, 0.15) is 12.4 Å². The first-order valence-corrected chi connectivity index (χ1v) is 8.18. The van der Waals surface area contributed by atoms with E-state index in [1.54, 1.807) is 22.8 Å². The molecule has 0 saturated heterocycles. The standard InChI is InChI=1S/C20H21N3O2/c1-16-5-3-6-19(15-16)25-14-13-22(2)20(24)17-7-9-18(10-8-17)23-12-4-11-21-23/h3-12,15H,13-14H2,1-2H3. The molecule has 5 heteroatoms. The Labute approximate surface area is 147 Å². The van der Waals surface area contributed by atoms with E-state index in [-0.39, 0.29) is 5.91 Å². The maximum absolute atomic E-state index is 12.5. The molecule has 25 heavy (non-hydrogen) atoms. The van der Waals surface area contributed by atoms with Gasteiger partial charge in [0.05, 0.1) is 12.2 Å². The summed E-state index contributed by atoms with van der Waals surface area (Å²) in [5.41, 5.74) is 2.72. The maximum atomic E-state index is 12.5. The molecule has 0 aliphatic carbocycles. The Morgan fingerprint density at radius 1 is 1.16 bits per heavy atom. The van der Waals surface area contributed by atoms with Crippen LogP contribution < -0.4 is 4.74 Å². The van der Waals surface area contributed by atoms with Gasteiger partial charge in [-0.15, -0.1) is 0 Å². The van der Waals surface area contributed by atoms with Gasteiger partial charge in [0.25, 0.3) is 5.91 Å². The third kappa shape index (κ3) is 4.26. The van der Waals surface area contributed by atoms with Crippen molar-refractivity contribution >= 4 is 5.91 Å². The zero-order valence-electron chi connectivity index (χ0n) is 14.4. The molecule has 0 saturated carbocycles. The van der Waals surface area contributed by atoms with Crippen molar-refractivity contribution < 1.29 is 9.53 Å². The lowest BCUT2D eigenvalue weighted by Gasteiger charge is -2.18. The zero-order valence-corrected chi connectivity index (χ0v) is 14.4. The number of likely N-dealkylation sites (N-methyl/N-ethyl adjacent to an activating group) is 1. The van der Waals surface area contributed by atoms with Crippen molar-refractivity contribution in [3.05, 3.63) is 78.1 Å². The second-order valence-corrected chi connectivity index (χ2v) is 5.89. The Kier molecular flexibility index (Phi) is 5.14. The maximum Gasteiger partial charge on any atom is 0.253 e. The van der Waals surface area contributed by atoms with Gasteiger partial charge in [-0.1, -0.05) is 12.1 Å². The second-order valence-electron chi connectivity index (χ2n) is 5.89. The van der Waals surface area contributed by atoms with E-state index >= 15 is 0 Å². The van der Waals surface area contributed by atoms with E-state index < -0.39 is 0 Å². The summed E-state index contributed by atoms with van der Waals surface area (Å²) in [6.07, 6.45) is 3.59. The summed E-state index contributed by atoms with van der Waals surface area (Å²) >= 11 is 0. The third-order valence-electron chi connectivity index (χ3n) is 3.91. The highest BCUT2D eigenvalue weighted by Crippen LogP contribution is 2.13. The highest BCUT2D eigenvalue weighted by molar-refractivity contribution is 5.94. The summed E-state index contributed by atoms with van der Waals surface area (Å²) in [5, 5.41) is 4.18. The lowest BCUT2D eigenvalue weighted by molar-refractivity contribution is 0.0774. The molecular weight excluding hydrogens is 314 g/mol. The fraction of sp³-hybridized carbons (Fsp3) is 0.200. The minimum absolute atomic E-state index is 0.0279. The number of hydrogen-bond acceptors (Lipinski definition) is 3. The molecule has 128 valence electrons. The summed E-state index contributed by atoms with van der Waals surface area (Å²) in [7, 11) is 1.78. The highest BCUT2D eigenvalue weighted by Gasteiger charge is 2.11. The molecule has 1 aromatic heterocycles. The van der Waals surface area contributed by atoms with Gasteiger partial charge < -0.3 is 9.64 Å². The molecule has 0 N–H and O–H groups in total. The van der Waals surface area contributed by atoms with Crippen LogP contribution in [0.25, 0.3) is 5.69 Å². The van der Waals surface area contributed by atoms with Crippen LogP contribution in [0.4, 0.5) is 0 Å². The number of rotatable bonds is 6. The van der Waals surface area contributed by atoms with Gasteiger partial charge in [-0.25, -0.2) is 4.68 Å². The van der Waals surface area contributed by atoms with Crippen molar-refractivity contribution in [3.63, 3.8) is 0 Å². The van der Waals surface area contributed by atoms with Gasteiger partial charge in [-0.05, 0) is 55.0 Å². The Morgan fingerprint density at radius 2 is 1.96 bits per heavy atom. The number of hydrogen-bond donors (Lipinski definition) is 0. The van der Waals surface area contributed by atoms with E-state index in [0.717, 1.165) is 17.0 Å². The van der Waals surface area contributed by atoms with E-state index in [9.17, 15) is 4.79 Å². The molecule has 0 atom stereocenters. The first kappa shape index (κ1) is 16.8. The number of carbonyl (C=O) groups excluding carboxylic acids is 1. The van der Waals surface area contributed by atoms with Crippen molar-refractivity contribution in [1.82, 2.24) is 14.7 Å².